The number of nitrogens with one attached hydrogen (secondary N) is 1. The third-order valence-electron chi connectivity index (χ3n) is 2.61. The Morgan fingerprint density at radius 1 is 1.41 bits per heavy atom. The van der Waals surface area contributed by atoms with E-state index in [4.69, 9.17) is 4.74 Å². The van der Waals surface area contributed by atoms with Crippen LogP contribution in [0.3, 0.4) is 0 Å². The van der Waals surface area contributed by atoms with E-state index in [1.165, 1.54) is 6.07 Å². The van der Waals surface area contributed by atoms with E-state index >= 15 is 0 Å². The van der Waals surface area contributed by atoms with Gasteiger partial charge in [0.15, 0.2) is 0 Å². The third-order valence-corrected chi connectivity index (χ3v) is 2.61. The van der Waals surface area contributed by atoms with Crippen LogP contribution in [0.4, 0.5) is 10.1 Å². The van der Waals surface area contributed by atoms with Crippen LogP contribution in [-0.4, -0.2) is 6.61 Å². The summed E-state index contributed by atoms with van der Waals surface area (Å²) >= 11 is 0. The van der Waals surface area contributed by atoms with E-state index < -0.39 is 0 Å². The SMILES string of the molecule is C=C1C=C(C)Nc2c(OCCC)ccc(F)c21. The van der Waals surface area contributed by atoms with Crippen molar-refractivity contribution in [3.63, 3.8) is 0 Å². The van der Waals surface area contributed by atoms with Crippen LogP contribution in [0.25, 0.3) is 5.57 Å². The lowest BCUT2D eigenvalue weighted by molar-refractivity contribution is 0.318. The molecule has 0 fully saturated rings. The van der Waals surface area contributed by atoms with Crippen molar-refractivity contribution >= 4 is 11.3 Å². The van der Waals surface area contributed by atoms with E-state index in [0.717, 1.165) is 12.1 Å². The zero-order valence-electron chi connectivity index (χ0n) is 10.1. The van der Waals surface area contributed by atoms with Crippen molar-refractivity contribution in [2.75, 3.05) is 11.9 Å². The molecule has 0 aliphatic carbocycles. The first-order valence-corrected chi connectivity index (χ1v) is 5.73. The van der Waals surface area contributed by atoms with E-state index in [-0.39, 0.29) is 5.82 Å². The van der Waals surface area contributed by atoms with Crippen LogP contribution >= 0.6 is 0 Å². The van der Waals surface area contributed by atoms with Crippen LogP contribution in [0.15, 0.2) is 30.5 Å². The van der Waals surface area contributed by atoms with Gasteiger partial charge in [-0.2, -0.15) is 0 Å². The van der Waals surface area contributed by atoms with Crippen LogP contribution in [0.2, 0.25) is 0 Å². The minimum absolute atomic E-state index is 0.273. The molecule has 90 valence electrons. The first kappa shape index (κ1) is 11.7. The molecule has 1 aliphatic rings. The summed E-state index contributed by atoms with van der Waals surface area (Å²) in [7, 11) is 0. The Bertz CT molecular complexity index is 491. The first-order valence-electron chi connectivity index (χ1n) is 5.73. The molecule has 2 nitrogen and oxygen atoms in total. The van der Waals surface area contributed by atoms with Crippen molar-refractivity contribution < 1.29 is 9.13 Å². The summed E-state index contributed by atoms with van der Waals surface area (Å²) in [6, 6.07) is 3.08. The number of allylic oxidation sites excluding steroid dienone is 3. The van der Waals surface area contributed by atoms with Crippen LogP contribution in [0.5, 0.6) is 5.75 Å². The number of halogens is 1. The lowest BCUT2D eigenvalue weighted by Crippen LogP contribution is -2.09. The van der Waals surface area contributed by atoms with Crippen molar-refractivity contribution in [2.45, 2.75) is 20.3 Å². The van der Waals surface area contributed by atoms with Crippen molar-refractivity contribution in [3.8, 4) is 5.75 Å². The molecule has 0 saturated heterocycles. The standard InChI is InChI=1S/C14H16FNO/c1-4-7-17-12-6-5-11(15)13-9(2)8-10(3)16-14(12)13/h5-6,8,16H,2,4,7H2,1,3H3. The molecule has 3 heteroatoms. The van der Waals surface area contributed by atoms with Gasteiger partial charge in [-0.15, -0.1) is 0 Å². The molecule has 0 aromatic heterocycles. The highest BCUT2D eigenvalue weighted by Gasteiger charge is 2.19. The molecule has 1 aromatic rings. The molecule has 17 heavy (non-hydrogen) atoms. The summed E-state index contributed by atoms with van der Waals surface area (Å²) in [6.45, 7) is 8.45. The second-order valence-electron chi connectivity index (χ2n) is 4.12. The van der Waals surface area contributed by atoms with E-state index in [1.807, 2.05) is 19.9 Å². The smallest absolute Gasteiger partial charge is 0.143 e. The Balaban J connectivity index is 2.47. The van der Waals surface area contributed by atoms with Crippen LogP contribution in [0.1, 0.15) is 25.8 Å². The van der Waals surface area contributed by atoms with Gasteiger partial charge >= 0.3 is 0 Å². The molecule has 0 atom stereocenters. The molecule has 0 spiro atoms. The van der Waals surface area contributed by atoms with E-state index in [2.05, 4.69) is 11.9 Å². The number of anilines is 1. The van der Waals surface area contributed by atoms with Gasteiger partial charge in [0.2, 0.25) is 0 Å². The quantitative estimate of drug-likeness (QED) is 0.853. The molecule has 1 aliphatic heterocycles. The molecule has 0 saturated carbocycles. The summed E-state index contributed by atoms with van der Waals surface area (Å²) in [5.74, 6) is 0.405. The second-order valence-corrected chi connectivity index (χ2v) is 4.12. The largest absolute Gasteiger partial charge is 0.491 e. The fourth-order valence-electron chi connectivity index (χ4n) is 1.90. The Morgan fingerprint density at radius 2 is 2.18 bits per heavy atom. The second kappa shape index (κ2) is 4.62. The van der Waals surface area contributed by atoms with Gasteiger partial charge in [-0.05, 0) is 37.1 Å². The fraction of sp³-hybridized carbons (Fsp3) is 0.286. The predicted molar refractivity (Wildman–Crippen MR) is 68.6 cm³/mol. The maximum Gasteiger partial charge on any atom is 0.143 e. The van der Waals surface area contributed by atoms with Gasteiger partial charge in [0.25, 0.3) is 0 Å². The van der Waals surface area contributed by atoms with Crippen LogP contribution in [-0.2, 0) is 0 Å². The molecule has 1 heterocycles. The average molecular weight is 233 g/mol. The van der Waals surface area contributed by atoms with Gasteiger partial charge in [0, 0.05) is 11.3 Å². The third kappa shape index (κ3) is 2.18. The Hall–Kier alpha value is -1.77. The molecule has 2 rings (SSSR count). The zero-order chi connectivity index (χ0) is 12.4. The monoisotopic (exact) mass is 233 g/mol. The van der Waals surface area contributed by atoms with Gasteiger partial charge in [0.05, 0.1) is 12.3 Å². The molecular formula is C14H16FNO. The summed E-state index contributed by atoms with van der Waals surface area (Å²) in [4.78, 5) is 0. The molecule has 0 radical (unpaired) electrons. The van der Waals surface area contributed by atoms with Crippen LogP contribution in [0, 0.1) is 5.82 Å². The number of benzene rings is 1. The molecule has 0 bridgehead atoms. The average Bonchev–Trinajstić information content (AvgIpc) is 2.27. The summed E-state index contributed by atoms with van der Waals surface area (Å²) in [5.41, 5.74) is 2.80. The molecule has 0 amide bonds. The van der Waals surface area contributed by atoms with E-state index in [9.17, 15) is 4.39 Å². The lowest BCUT2D eigenvalue weighted by Gasteiger charge is -2.22. The number of fused-ring (bicyclic) bond motifs is 1. The van der Waals surface area contributed by atoms with Crippen molar-refractivity contribution in [3.05, 3.63) is 41.9 Å². The zero-order valence-corrected chi connectivity index (χ0v) is 10.1. The number of ether oxygens (including phenoxy) is 1. The molecule has 1 N–H and O–H groups in total. The van der Waals surface area contributed by atoms with Gasteiger partial charge in [0.1, 0.15) is 11.6 Å². The Kier molecular flexibility index (Phi) is 3.18. The lowest BCUT2D eigenvalue weighted by atomic mass is 9.99. The molecule has 0 unspecified atom stereocenters. The predicted octanol–water partition coefficient (Wildman–Crippen LogP) is 3.96. The Labute approximate surface area is 101 Å². The minimum atomic E-state index is -0.273. The highest BCUT2D eigenvalue weighted by Crippen LogP contribution is 2.39. The maximum atomic E-state index is 13.8. The van der Waals surface area contributed by atoms with Crippen molar-refractivity contribution in [2.24, 2.45) is 0 Å². The highest BCUT2D eigenvalue weighted by atomic mass is 19.1. The van der Waals surface area contributed by atoms with Crippen molar-refractivity contribution in [1.29, 1.82) is 0 Å². The number of rotatable bonds is 3. The summed E-state index contributed by atoms with van der Waals surface area (Å²) in [6.07, 6.45) is 2.75. The molecule has 1 aromatic carbocycles. The van der Waals surface area contributed by atoms with E-state index in [0.29, 0.717) is 29.2 Å². The minimum Gasteiger partial charge on any atom is -0.491 e. The number of hydrogen-bond donors (Lipinski definition) is 1. The van der Waals surface area contributed by atoms with E-state index in [1.54, 1.807) is 6.07 Å². The normalized spacial score (nSPS) is 13.8. The van der Waals surface area contributed by atoms with Crippen LogP contribution < -0.4 is 10.1 Å². The maximum absolute atomic E-state index is 13.8. The van der Waals surface area contributed by atoms with Gasteiger partial charge in [-0.1, -0.05) is 13.5 Å². The van der Waals surface area contributed by atoms with Gasteiger partial charge in [-0.3, -0.25) is 0 Å². The summed E-state index contributed by atoms with van der Waals surface area (Å²) in [5, 5.41) is 3.14. The first-order chi connectivity index (χ1) is 8.13. The van der Waals surface area contributed by atoms with Gasteiger partial charge < -0.3 is 10.1 Å². The molecular weight excluding hydrogens is 217 g/mol. The summed E-state index contributed by atoms with van der Waals surface area (Å²) < 4.78 is 19.4. The van der Waals surface area contributed by atoms with Gasteiger partial charge in [-0.25, -0.2) is 4.39 Å². The Morgan fingerprint density at radius 3 is 2.88 bits per heavy atom. The highest BCUT2D eigenvalue weighted by molar-refractivity contribution is 5.88. The van der Waals surface area contributed by atoms with Crippen molar-refractivity contribution in [1.82, 2.24) is 0 Å². The topological polar surface area (TPSA) is 21.3 Å². The number of hydrogen-bond acceptors (Lipinski definition) is 2. The fourth-order valence-corrected chi connectivity index (χ4v) is 1.90.